The van der Waals surface area contributed by atoms with Gasteiger partial charge >= 0.3 is 0 Å². The summed E-state index contributed by atoms with van der Waals surface area (Å²) in [5.74, 6) is -0.00233. The van der Waals surface area contributed by atoms with E-state index in [0.717, 1.165) is 19.3 Å². The van der Waals surface area contributed by atoms with Crippen LogP contribution >= 0.6 is 0 Å². The smallest absolute Gasteiger partial charge is 0.0655 e. The van der Waals surface area contributed by atoms with E-state index in [0.29, 0.717) is 0 Å². The van der Waals surface area contributed by atoms with Gasteiger partial charge in [0.25, 0.3) is 0 Å². The predicted octanol–water partition coefficient (Wildman–Crippen LogP) is 4.66. The number of hydrogen-bond donors (Lipinski definition) is 0. The van der Waals surface area contributed by atoms with E-state index in [1.807, 2.05) is 0 Å². The van der Waals surface area contributed by atoms with Crippen LogP contribution in [-0.4, -0.2) is 0 Å². The molecule has 1 atom stereocenters. The van der Waals surface area contributed by atoms with Gasteiger partial charge < -0.3 is 0 Å². The Bertz CT molecular complexity index is 188. The van der Waals surface area contributed by atoms with Gasteiger partial charge in [-0.2, -0.15) is 5.26 Å². The molecule has 0 aliphatic carbocycles. The molecule has 0 saturated carbocycles. The summed E-state index contributed by atoms with van der Waals surface area (Å²) in [4.78, 5) is 0. The van der Waals surface area contributed by atoms with Gasteiger partial charge in [-0.05, 0) is 32.6 Å². The van der Waals surface area contributed by atoms with Gasteiger partial charge in [-0.3, -0.25) is 0 Å². The van der Waals surface area contributed by atoms with Crippen molar-refractivity contribution in [2.75, 3.05) is 0 Å². The van der Waals surface area contributed by atoms with Crippen molar-refractivity contribution in [1.29, 1.82) is 5.26 Å². The third-order valence-electron chi connectivity index (χ3n) is 2.51. The maximum Gasteiger partial charge on any atom is 0.0655 e. The van der Waals surface area contributed by atoms with E-state index in [-0.39, 0.29) is 5.92 Å². The molecule has 1 heteroatoms. The molecule has 0 aromatic heterocycles. The molecule has 0 amide bonds. The van der Waals surface area contributed by atoms with Crippen LogP contribution in [-0.2, 0) is 0 Å². The largest absolute Gasteiger partial charge is 0.198 e. The molecule has 0 aliphatic heterocycles. The number of nitrogens with zero attached hydrogens (tertiary/aromatic N) is 1. The Morgan fingerprint density at radius 1 is 1.13 bits per heavy atom. The number of allylic oxidation sites excluding steroid dienone is 2. The molecule has 0 saturated heterocycles. The van der Waals surface area contributed by atoms with Crippen molar-refractivity contribution in [3.05, 3.63) is 19.1 Å². The van der Waals surface area contributed by atoms with Crippen molar-refractivity contribution in [3.63, 3.8) is 0 Å². The van der Waals surface area contributed by atoms with Crippen molar-refractivity contribution in [1.82, 2.24) is 0 Å². The molecule has 1 unspecified atom stereocenters. The summed E-state index contributed by atoms with van der Waals surface area (Å²) >= 11 is 0. The monoisotopic (exact) mass is 206 g/mol. The van der Waals surface area contributed by atoms with E-state index >= 15 is 0 Å². The maximum atomic E-state index is 8.54. The van der Waals surface area contributed by atoms with Gasteiger partial charge in [0.05, 0.1) is 6.07 Å². The summed E-state index contributed by atoms with van der Waals surface area (Å²) < 4.78 is 0. The molecule has 0 rings (SSSR count). The highest BCUT2D eigenvalue weighted by molar-refractivity contribution is 4.83. The molecule has 1 nitrogen and oxygen atoms in total. The number of nitriles is 1. The van der Waals surface area contributed by atoms with Crippen LogP contribution in [0.3, 0.4) is 0 Å². The Morgan fingerprint density at radius 2 is 1.80 bits per heavy atom. The predicted molar refractivity (Wildman–Crippen MR) is 66.2 cm³/mol. The van der Waals surface area contributed by atoms with E-state index in [1.165, 1.54) is 32.1 Å². The third-order valence-corrected chi connectivity index (χ3v) is 2.51. The van der Waals surface area contributed by atoms with Crippen molar-refractivity contribution < 1.29 is 0 Å². The Morgan fingerprint density at radius 3 is 2.47 bits per heavy atom. The lowest BCUT2D eigenvalue weighted by molar-refractivity contribution is 0.571. The van der Waals surface area contributed by atoms with Crippen LogP contribution in [0.1, 0.15) is 58.3 Å². The number of rotatable bonds is 9. The number of hydrogen-bond acceptors (Lipinski definition) is 1. The molecule has 0 heterocycles. The maximum absolute atomic E-state index is 8.54. The molecule has 85 valence electrons. The van der Waals surface area contributed by atoms with Crippen LogP contribution < -0.4 is 0 Å². The second-order valence-electron chi connectivity index (χ2n) is 4.05. The van der Waals surface area contributed by atoms with E-state index in [1.54, 1.807) is 0 Å². The topological polar surface area (TPSA) is 23.8 Å². The molecule has 0 aromatic carbocycles. The highest BCUT2D eigenvalue weighted by Crippen LogP contribution is 2.11. The van der Waals surface area contributed by atoms with Gasteiger partial charge in [0.1, 0.15) is 0 Å². The molecule has 15 heavy (non-hydrogen) atoms. The fourth-order valence-electron chi connectivity index (χ4n) is 1.53. The first kappa shape index (κ1) is 14.2. The summed E-state index contributed by atoms with van der Waals surface area (Å²) in [7, 11) is 0. The lowest BCUT2D eigenvalue weighted by Gasteiger charge is -2.01. The molecule has 0 bridgehead atoms. The molecular formula is C14H24N. The van der Waals surface area contributed by atoms with Crippen LogP contribution in [0, 0.1) is 24.2 Å². The molecule has 0 fully saturated rings. The minimum absolute atomic E-state index is 0.00233. The first-order valence-corrected chi connectivity index (χ1v) is 6.19. The van der Waals surface area contributed by atoms with Crippen LogP contribution in [0.15, 0.2) is 12.2 Å². The van der Waals surface area contributed by atoms with Gasteiger partial charge in [0, 0.05) is 5.92 Å². The van der Waals surface area contributed by atoms with Crippen molar-refractivity contribution in [2.24, 2.45) is 5.92 Å². The average molecular weight is 206 g/mol. The van der Waals surface area contributed by atoms with Crippen molar-refractivity contribution in [3.8, 4) is 6.07 Å². The third kappa shape index (κ3) is 11.2. The second kappa shape index (κ2) is 11.3. The van der Waals surface area contributed by atoms with Crippen molar-refractivity contribution in [2.45, 2.75) is 58.3 Å². The first-order valence-electron chi connectivity index (χ1n) is 6.19. The zero-order valence-corrected chi connectivity index (χ0v) is 10.0. The summed E-state index contributed by atoms with van der Waals surface area (Å²) in [6.45, 7) is 5.92. The molecular weight excluding hydrogens is 182 g/mol. The van der Waals surface area contributed by atoms with E-state index in [9.17, 15) is 0 Å². The first-order chi connectivity index (χ1) is 7.31. The standard InChI is InChI=1S/C14H24N/c1-3-4-5-6-7-8-9-10-11-12-14(2)13-15/h4-5,14H,2-3,6-12H2,1H3. The molecule has 0 aliphatic rings. The van der Waals surface area contributed by atoms with E-state index in [2.05, 4.69) is 32.1 Å². The fraction of sp³-hybridized carbons (Fsp3) is 0.714. The fourth-order valence-corrected chi connectivity index (χ4v) is 1.53. The Hall–Kier alpha value is -0.770. The van der Waals surface area contributed by atoms with E-state index in [4.69, 9.17) is 5.26 Å². The number of unbranched alkanes of at least 4 members (excludes halogenated alkanes) is 5. The highest BCUT2D eigenvalue weighted by atomic mass is 14.3. The zero-order valence-electron chi connectivity index (χ0n) is 10.0. The van der Waals surface area contributed by atoms with Gasteiger partial charge in [0.2, 0.25) is 0 Å². The van der Waals surface area contributed by atoms with Crippen molar-refractivity contribution >= 4 is 0 Å². The average Bonchev–Trinajstić information content (AvgIpc) is 2.26. The van der Waals surface area contributed by atoms with Crippen LogP contribution in [0.5, 0.6) is 0 Å². The van der Waals surface area contributed by atoms with Gasteiger partial charge in [-0.1, -0.05) is 44.8 Å². The summed E-state index contributed by atoms with van der Waals surface area (Å²) in [5, 5.41) is 8.54. The summed E-state index contributed by atoms with van der Waals surface area (Å²) in [5.41, 5.74) is 0. The molecule has 1 radical (unpaired) electrons. The Labute approximate surface area is 95.2 Å². The molecule has 0 spiro atoms. The Kier molecular flexibility index (Phi) is 10.7. The zero-order chi connectivity index (χ0) is 11.4. The SMILES string of the molecule is [CH2]C(C#N)CCCCCCCC=CCC. The quantitative estimate of drug-likeness (QED) is 0.397. The normalized spacial score (nSPS) is 12.9. The molecule has 0 aromatic rings. The van der Waals surface area contributed by atoms with Crippen LogP contribution in [0.25, 0.3) is 0 Å². The Balaban J connectivity index is 3.06. The second-order valence-corrected chi connectivity index (χ2v) is 4.05. The van der Waals surface area contributed by atoms with Gasteiger partial charge in [0.15, 0.2) is 0 Å². The molecule has 0 N–H and O–H groups in total. The highest BCUT2D eigenvalue weighted by Gasteiger charge is 1.98. The van der Waals surface area contributed by atoms with Crippen LogP contribution in [0.2, 0.25) is 0 Å². The van der Waals surface area contributed by atoms with E-state index < -0.39 is 0 Å². The minimum atomic E-state index is -0.00233. The lowest BCUT2D eigenvalue weighted by atomic mass is 10.0. The van der Waals surface area contributed by atoms with Gasteiger partial charge in [-0.25, -0.2) is 0 Å². The van der Waals surface area contributed by atoms with Gasteiger partial charge in [-0.15, -0.1) is 0 Å². The minimum Gasteiger partial charge on any atom is -0.198 e. The lowest BCUT2D eigenvalue weighted by Crippen LogP contribution is -1.89. The van der Waals surface area contributed by atoms with Crippen LogP contribution in [0.4, 0.5) is 0 Å². The summed E-state index contributed by atoms with van der Waals surface area (Å²) in [6, 6.07) is 2.17. The summed E-state index contributed by atoms with van der Waals surface area (Å²) in [6.07, 6.45) is 14.2.